The van der Waals surface area contributed by atoms with Crippen molar-refractivity contribution < 1.29 is 4.79 Å². The number of hydrogen-bond donors (Lipinski definition) is 1. The Balaban J connectivity index is 1.30. The number of piperazine rings is 1. The third kappa shape index (κ3) is 5.94. The highest BCUT2D eigenvalue weighted by molar-refractivity contribution is 6.29. The summed E-state index contributed by atoms with van der Waals surface area (Å²) in [6, 6.07) is 12.1. The fourth-order valence-corrected chi connectivity index (χ4v) is 3.44. The maximum Gasteiger partial charge on any atom is 0.252 e. The lowest BCUT2D eigenvalue weighted by Gasteiger charge is -2.36. The van der Waals surface area contributed by atoms with E-state index >= 15 is 0 Å². The van der Waals surface area contributed by atoms with Gasteiger partial charge in [0.05, 0.1) is 5.56 Å². The van der Waals surface area contributed by atoms with Gasteiger partial charge in [0, 0.05) is 44.6 Å². The average molecular weight is 387 g/mol. The zero-order valence-electron chi connectivity index (χ0n) is 15.8. The van der Waals surface area contributed by atoms with Crippen LogP contribution in [0.2, 0.25) is 5.15 Å². The lowest BCUT2D eigenvalue weighted by molar-refractivity contribution is 0.0952. The van der Waals surface area contributed by atoms with Crippen LogP contribution in [0.25, 0.3) is 0 Å². The molecule has 27 heavy (non-hydrogen) atoms. The first-order chi connectivity index (χ1) is 13.1. The molecule has 0 radical (unpaired) electrons. The van der Waals surface area contributed by atoms with E-state index in [2.05, 4.69) is 51.3 Å². The minimum atomic E-state index is -0.0917. The zero-order chi connectivity index (χ0) is 19.1. The second kappa shape index (κ2) is 9.72. The number of aryl methyl sites for hydroxylation is 1. The van der Waals surface area contributed by atoms with E-state index < -0.39 is 0 Å². The Morgan fingerprint density at radius 3 is 2.67 bits per heavy atom. The lowest BCUT2D eigenvalue weighted by atomic mass is 10.2. The molecule has 6 heteroatoms. The van der Waals surface area contributed by atoms with Crippen LogP contribution < -0.4 is 10.2 Å². The van der Waals surface area contributed by atoms with Crippen molar-refractivity contribution in [2.24, 2.45) is 0 Å². The summed E-state index contributed by atoms with van der Waals surface area (Å²) in [5.74, 6) is -0.0917. The fourth-order valence-electron chi connectivity index (χ4n) is 3.33. The molecule has 0 atom stereocenters. The van der Waals surface area contributed by atoms with Crippen LogP contribution in [0.3, 0.4) is 0 Å². The molecule has 3 rings (SSSR count). The van der Waals surface area contributed by atoms with Crippen molar-refractivity contribution in [3.63, 3.8) is 0 Å². The summed E-state index contributed by atoms with van der Waals surface area (Å²) in [6.07, 6.45) is 3.57. The van der Waals surface area contributed by atoms with Gasteiger partial charge in [0.25, 0.3) is 5.91 Å². The molecule has 1 aliphatic rings. The monoisotopic (exact) mass is 386 g/mol. The Labute approximate surface area is 166 Å². The van der Waals surface area contributed by atoms with E-state index in [4.69, 9.17) is 11.6 Å². The molecule has 0 aliphatic carbocycles. The minimum absolute atomic E-state index is 0.0917. The Bertz CT molecular complexity index is 742. The molecular formula is C21H27ClN4O. The van der Waals surface area contributed by atoms with Crippen molar-refractivity contribution >= 4 is 23.2 Å². The number of halogens is 1. The largest absolute Gasteiger partial charge is 0.369 e. The summed E-state index contributed by atoms with van der Waals surface area (Å²) in [6.45, 7) is 8.24. The van der Waals surface area contributed by atoms with Gasteiger partial charge in [-0.05, 0) is 56.1 Å². The van der Waals surface area contributed by atoms with Crippen LogP contribution in [0.15, 0.2) is 42.6 Å². The van der Waals surface area contributed by atoms with Crippen molar-refractivity contribution in [1.82, 2.24) is 15.2 Å². The quantitative estimate of drug-likeness (QED) is 0.585. The summed E-state index contributed by atoms with van der Waals surface area (Å²) in [5.41, 5.74) is 3.19. The van der Waals surface area contributed by atoms with E-state index in [0.717, 1.165) is 45.6 Å². The van der Waals surface area contributed by atoms with Gasteiger partial charge in [0.2, 0.25) is 0 Å². The van der Waals surface area contributed by atoms with E-state index in [-0.39, 0.29) is 5.91 Å². The number of amides is 1. The molecule has 1 aliphatic heterocycles. The van der Waals surface area contributed by atoms with Gasteiger partial charge >= 0.3 is 0 Å². The number of hydrogen-bond acceptors (Lipinski definition) is 4. The topological polar surface area (TPSA) is 48.5 Å². The predicted molar refractivity (Wildman–Crippen MR) is 111 cm³/mol. The summed E-state index contributed by atoms with van der Waals surface area (Å²) < 4.78 is 0. The minimum Gasteiger partial charge on any atom is -0.369 e. The molecule has 0 saturated carbocycles. The zero-order valence-corrected chi connectivity index (χ0v) is 16.6. The third-order valence-electron chi connectivity index (χ3n) is 4.92. The Morgan fingerprint density at radius 2 is 1.96 bits per heavy atom. The van der Waals surface area contributed by atoms with Gasteiger partial charge in [-0.15, -0.1) is 0 Å². The summed E-state index contributed by atoms with van der Waals surface area (Å²) >= 11 is 5.74. The van der Waals surface area contributed by atoms with Gasteiger partial charge in [-0.2, -0.15) is 0 Å². The van der Waals surface area contributed by atoms with E-state index in [1.54, 1.807) is 12.1 Å². The number of nitrogens with zero attached hydrogens (tertiary/aromatic N) is 3. The number of carbonyl (C=O) groups is 1. The molecule has 1 aromatic carbocycles. The smallest absolute Gasteiger partial charge is 0.252 e. The molecule has 1 aromatic heterocycles. The second-order valence-electron chi connectivity index (χ2n) is 7.00. The standard InChI is InChI=1S/C21H27ClN4O/c1-17-5-4-6-19(15-17)26-13-11-25(12-14-26)10-3-2-9-23-21(27)18-7-8-20(22)24-16-18/h4-8,15-16H,2-3,9-14H2,1H3,(H,23,27). The number of rotatable bonds is 7. The van der Waals surface area contributed by atoms with Crippen LogP contribution >= 0.6 is 11.6 Å². The maximum atomic E-state index is 12.0. The van der Waals surface area contributed by atoms with Gasteiger partial charge in [0.1, 0.15) is 5.15 Å². The summed E-state index contributed by atoms with van der Waals surface area (Å²) in [5, 5.41) is 3.34. The number of benzene rings is 1. The molecule has 144 valence electrons. The highest BCUT2D eigenvalue weighted by Gasteiger charge is 2.16. The highest BCUT2D eigenvalue weighted by Crippen LogP contribution is 2.17. The predicted octanol–water partition coefficient (Wildman–Crippen LogP) is 3.38. The van der Waals surface area contributed by atoms with Crippen LogP contribution in [0.1, 0.15) is 28.8 Å². The first kappa shape index (κ1) is 19.6. The van der Waals surface area contributed by atoms with Crippen molar-refractivity contribution in [2.75, 3.05) is 44.2 Å². The molecule has 5 nitrogen and oxygen atoms in total. The van der Waals surface area contributed by atoms with Gasteiger partial charge in [0.15, 0.2) is 0 Å². The number of pyridine rings is 1. The van der Waals surface area contributed by atoms with Crippen LogP contribution in [-0.2, 0) is 0 Å². The number of aromatic nitrogens is 1. The van der Waals surface area contributed by atoms with Gasteiger partial charge in [-0.1, -0.05) is 23.7 Å². The van der Waals surface area contributed by atoms with Crippen molar-refractivity contribution in [3.05, 3.63) is 58.9 Å². The molecular weight excluding hydrogens is 360 g/mol. The molecule has 2 heterocycles. The molecule has 1 N–H and O–H groups in total. The number of nitrogens with one attached hydrogen (secondary N) is 1. The SMILES string of the molecule is Cc1cccc(N2CCN(CCCCNC(=O)c3ccc(Cl)nc3)CC2)c1. The number of unbranched alkanes of at least 4 members (excludes halogenated alkanes) is 1. The normalized spacial score (nSPS) is 15.0. The third-order valence-corrected chi connectivity index (χ3v) is 5.14. The molecule has 2 aromatic rings. The fraction of sp³-hybridized carbons (Fsp3) is 0.429. The molecule has 0 spiro atoms. The molecule has 0 bridgehead atoms. The molecule has 1 amide bonds. The van der Waals surface area contributed by atoms with Gasteiger partial charge in [-0.25, -0.2) is 4.98 Å². The Morgan fingerprint density at radius 1 is 1.15 bits per heavy atom. The van der Waals surface area contributed by atoms with Crippen molar-refractivity contribution in [3.8, 4) is 0 Å². The molecule has 1 fully saturated rings. The number of anilines is 1. The highest BCUT2D eigenvalue weighted by atomic mass is 35.5. The number of carbonyl (C=O) groups excluding carboxylic acids is 1. The van der Waals surface area contributed by atoms with Crippen LogP contribution in [-0.4, -0.2) is 55.1 Å². The van der Waals surface area contributed by atoms with E-state index in [9.17, 15) is 4.79 Å². The van der Waals surface area contributed by atoms with E-state index in [1.807, 2.05) is 0 Å². The lowest BCUT2D eigenvalue weighted by Crippen LogP contribution is -2.46. The van der Waals surface area contributed by atoms with Gasteiger partial charge < -0.3 is 10.2 Å². The van der Waals surface area contributed by atoms with Crippen molar-refractivity contribution in [2.45, 2.75) is 19.8 Å². The maximum absolute atomic E-state index is 12.0. The molecule has 0 unspecified atom stereocenters. The van der Waals surface area contributed by atoms with E-state index in [0.29, 0.717) is 17.3 Å². The van der Waals surface area contributed by atoms with E-state index in [1.165, 1.54) is 17.4 Å². The summed E-state index contributed by atoms with van der Waals surface area (Å²) in [7, 11) is 0. The first-order valence-corrected chi connectivity index (χ1v) is 9.93. The first-order valence-electron chi connectivity index (χ1n) is 9.55. The van der Waals surface area contributed by atoms with Crippen LogP contribution in [0.5, 0.6) is 0 Å². The Hall–Kier alpha value is -2.11. The molecule has 1 saturated heterocycles. The van der Waals surface area contributed by atoms with Crippen LogP contribution in [0.4, 0.5) is 5.69 Å². The van der Waals surface area contributed by atoms with Crippen molar-refractivity contribution in [1.29, 1.82) is 0 Å². The van der Waals surface area contributed by atoms with Gasteiger partial charge in [-0.3, -0.25) is 9.69 Å². The average Bonchev–Trinajstić information content (AvgIpc) is 2.68. The second-order valence-corrected chi connectivity index (χ2v) is 7.39. The van der Waals surface area contributed by atoms with Crippen LogP contribution in [0, 0.1) is 6.92 Å². The Kier molecular flexibility index (Phi) is 7.07. The summed E-state index contributed by atoms with van der Waals surface area (Å²) in [4.78, 5) is 20.9.